The standard InChI is InChI=1S/C6H13NO.C2H6/c1-5(2)6(8)4-7-3;1-2/h5,7H,4H2,1-3H3;1-2H3. The lowest BCUT2D eigenvalue weighted by molar-refractivity contribution is -0.120. The number of rotatable bonds is 3. The minimum Gasteiger partial charge on any atom is -0.313 e. The molecule has 0 rings (SSSR count). The molecule has 0 aliphatic carbocycles. The van der Waals surface area contributed by atoms with Gasteiger partial charge in [-0.05, 0) is 7.05 Å². The van der Waals surface area contributed by atoms with E-state index in [0.29, 0.717) is 6.54 Å². The molecule has 0 aromatic heterocycles. The van der Waals surface area contributed by atoms with Gasteiger partial charge in [-0.15, -0.1) is 0 Å². The van der Waals surface area contributed by atoms with Gasteiger partial charge in [0.1, 0.15) is 5.78 Å². The predicted molar refractivity (Wildman–Crippen MR) is 45.1 cm³/mol. The van der Waals surface area contributed by atoms with Crippen molar-refractivity contribution in [2.75, 3.05) is 13.6 Å². The van der Waals surface area contributed by atoms with Gasteiger partial charge in [-0.2, -0.15) is 0 Å². The van der Waals surface area contributed by atoms with E-state index >= 15 is 0 Å². The first-order valence-corrected chi connectivity index (χ1v) is 3.85. The van der Waals surface area contributed by atoms with Gasteiger partial charge in [0.05, 0.1) is 6.54 Å². The molecule has 0 unspecified atom stereocenters. The average Bonchev–Trinajstić information content (AvgIpc) is 1.93. The van der Waals surface area contributed by atoms with E-state index in [1.165, 1.54) is 0 Å². The van der Waals surface area contributed by atoms with Gasteiger partial charge in [-0.25, -0.2) is 0 Å². The van der Waals surface area contributed by atoms with Crippen LogP contribution in [-0.4, -0.2) is 19.4 Å². The maximum absolute atomic E-state index is 10.7. The second kappa shape index (κ2) is 8.63. The second-order valence-electron chi connectivity index (χ2n) is 2.15. The molecular formula is C8H19NO. The highest BCUT2D eigenvalue weighted by atomic mass is 16.1. The molecule has 0 spiro atoms. The van der Waals surface area contributed by atoms with Crippen molar-refractivity contribution in [3.8, 4) is 0 Å². The summed E-state index contributed by atoms with van der Waals surface area (Å²) in [4.78, 5) is 10.7. The predicted octanol–water partition coefficient (Wildman–Crippen LogP) is 1.46. The number of ketones is 1. The Morgan fingerprint density at radius 2 is 1.80 bits per heavy atom. The molecule has 0 radical (unpaired) electrons. The molecule has 2 nitrogen and oxygen atoms in total. The first kappa shape index (κ1) is 12.3. The largest absolute Gasteiger partial charge is 0.313 e. The van der Waals surface area contributed by atoms with Gasteiger partial charge in [0.15, 0.2) is 0 Å². The summed E-state index contributed by atoms with van der Waals surface area (Å²) in [6.45, 7) is 8.30. The van der Waals surface area contributed by atoms with Crippen molar-refractivity contribution in [3.05, 3.63) is 0 Å². The van der Waals surface area contributed by atoms with Crippen LogP contribution in [0.25, 0.3) is 0 Å². The van der Waals surface area contributed by atoms with Crippen molar-refractivity contribution >= 4 is 5.78 Å². The SMILES string of the molecule is CC.CNCC(=O)C(C)C. The third-order valence-corrected chi connectivity index (χ3v) is 0.995. The number of carbonyl (C=O) groups excluding carboxylic acids is 1. The first-order chi connectivity index (χ1) is 4.68. The average molecular weight is 145 g/mol. The summed E-state index contributed by atoms with van der Waals surface area (Å²) in [6.07, 6.45) is 0. The highest BCUT2D eigenvalue weighted by molar-refractivity contribution is 5.82. The van der Waals surface area contributed by atoms with Crippen LogP contribution in [0.3, 0.4) is 0 Å². The molecule has 0 heterocycles. The van der Waals surface area contributed by atoms with Gasteiger partial charge in [0, 0.05) is 5.92 Å². The lowest BCUT2D eigenvalue weighted by Crippen LogP contribution is -2.22. The maximum Gasteiger partial charge on any atom is 0.149 e. The number of likely N-dealkylation sites (N-methyl/N-ethyl adjacent to an activating group) is 1. The molecule has 2 heteroatoms. The molecule has 0 aromatic carbocycles. The van der Waals surface area contributed by atoms with Gasteiger partial charge < -0.3 is 5.32 Å². The number of hydrogen-bond acceptors (Lipinski definition) is 2. The fraction of sp³-hybridized carbons (Fsp3) is 0.875. The van der Waals surface area contributed by atoms with E-state index in [1.807, 2.05) is 27.7 Å². The van der Waals surface area contributed by atoms with Crippen molar-refractivity contribution in [1.29, 1.82) is 0 Å². The Bertz CT molecular complexity index is 79.3. The molecule has 0 atom stereocenters. The summed E-state index contributed by atoms with van der Waals surface area (Å²) in [5.74, 6) is 0.440. The fourth-order valence-corrected chi connectivity index (χ4v) is 0.378. The molecule has 62 valence electrons. The molecule has 1 N–H and O–H groups in total. The number of carbonyl (C=O) groups is 1. The van der Waals surface area contributed by atoms with Crippen LogP contribution in [0.2, 0.25) is 0 Å². The number of Topliss-reactive ketones (excluding diaryl/α,β-unsaturated/α-hetero) is 1. The summed E-state index contributed by atoms with van der Waals surface area (Å²) in [5.41, 5.74) is 0. The lowest BCUT2D eigenvalue weighted by Gasteiger charge is -2.00. The molecule has 0 saturated carbocycles. The molecular weight excluding hydrogens is 126 g/mol. The molecule has 0 aliphatic rings. The molecule has 0 bridgehead atoms. The monoisotopic (exact) mass is 145 g/mol. The van der Waals surface area contributed by atoms with Crippen molar-refractivity contribution in [2.24, 2.45) is 5.92 Å². The van der Waals surface area contributed by atoms with Crippen LogP contribution in [-0.2, 0) is 4.79 Å². The minimum atomic E-state index is 0.169. The highest BCUT2D eigenvalue weighted by Crippen LogP contribution is 1.90. The highest BCUT2D eigenvalue weighted by Gasteiger charge is 2.03. The Morgan fingerprint density at radius 1 is 1.40 bits per heavy atom. The van der Waals surface area contributed by atoms with Crippen LogP contribution in [0, 0.1) is 5.92 Å². The van der Waals surface area contributed by atoms with Gasteiger partial charge in [0.2, 0.25) is 0 Å². The van der Waals surface area contributed by atoms with Crippen LogP contribution in [0.4, 0.5) is 0 Å². The molecule has 0 fully saturated rings. The van der Waals surface area contributed by atoms with E-state index in [-0.39, 0.29) is 11.7 Å². The second-order valence-corrected chi connectivity index (χ2v) is 2.15. The topological polar surface area (TPSA) is 29.1 Å². The zero-order valence-electron chi connectivity index (χ0n) is 7.69. The third kappa shape index (κ3) is 7.63. The van der Waals surface area contributed by atoms with E-state index in [1.54, 1.807) is 7.05 Å². The maximum atomic E-state index is 10.7. The Morgan fingerprint density at radius 3 is 1.90 bits per heavy atom. The molecule has 0 saturated heterocycles. The van der Waals surface area contributed by atoms with E-state index in [4.69, 9.17) is 0 Å². The van der Waals surface area contributed by atoms with Gasteiger partial charge in [-0.1, -0.05) is 27.7 Å². The summed E-state index contributed by atoms with van der Waals surface area (Å²) in [6, 6.07) is 0. The van der Waals surface area contributed by atoms with Crippen LogP contribution in [0.1, 0.15) is 27.7 Å². The van der Waals surface area contributed by atoms with Crippen molar-refractivity contribution in [2.45, 2.75) is 27.7 Å². The molecule has 0 aromatic rings. The smallest absolute Gasteiger partial charge is 0.149 e. The fourth-order valence-electron chi connectivity index (χ4n) is 0.378. The first-order valence-electron chi connectivity index (χ1n) is 3.85. The zero-order valence-corrected chi connectivity index (χ0v) is 7.69. The summed E-state index contributed by atoms with van der Waals surface area (Å²) in [5, 5.41) is 2.80. The number of hydrogen-bond donors (Lipinski definition) is 1. The van der Waals surface area contributed by atoms with Crippen molar-refractivity contribution in [3.63, 3.8) is 0 Å². The lowest BCUT2D eigenvalue weighted by atomic mass is 10.1. The van der Waals surface area contributed by atoms with Gasteiger partial charge >= 0.3 is 0 Å². The van der Waals surface area contributed by atoms with Crippen LogP contribution in [0.5, 0.6) is 0 Å². The van der Waals surface area contributed by atoms with Gasteiger partial charge in [0.25, 0.3) is 0 Å². The Labute approximate surface area is 64.0 Å². The summed E-state index contributed by atoms with van der Waals surface area (Å²) < 4.78 is 0. The minimum absolute atomic E-state index is 0.169. The van der Waals surface area contributed by atoms with Crippen LogP contribution >= 0.6 is 0 Å². The van der Waals surface area contributed by atoms with E-state index < -0.39 is 0 Å². The Balaban J connectivity index is 0. The van der Waals surface area contributed by atoms with Crippen molar-refractivity contribution < 1.29 is 4.79 Å². The summed E-state index contributed by atoms with van der Waals surface area (Å²) >= 11 is 0. The Kier molecular flexibility index (Phi) is 10.6. The molecule has 10 heavy (non-hydrogen) atoms. The van der Waals surface area contributed by atoms with E-state index in [2.05, 4.69) is 5.32 Å². The van der Waals surface area contributed by atoms with Crippen molar-refractivity contribution in [1.82, 2.24) is 5.32 Å². The molecule has 0 amide bonds. The third-order valence-electron chi connectivity index (χ3n) is 0.995. The number of nitrogens with one attached hydrogen (secondary N) is 1. The van der Waals surface area contributed by atoms with Gasteiger partial charge in [-0.3, -0.25) is 4.79 Å². The van der Waals surface area contributed by atoms with E-state index in [9.17, 15) is 4.79 Å². The normalized spacial score (nSPS) is 8.60. The van der Waals surface area contributed by atoms with Crippen LogP contribution in [0.15, 0.2) is 0 Å². The summed E-state index contributed by atoms with van der Waals surface area (Å²) in [7, 11) is 1.78. The molecule has 0 aliphatic heterocycles. The van der Waals surface area contributed by atoms with E-state index in [0.717, 1.165) is 0 Å². The van der Waals surface area contributed by atoms with Crippen LogP contribution < -0.4 is 5.32 Å². The Hall–Kier alpha value is -0.370. The zero-order chi connectivity index (χ0) is 8.57. The quantitative estimate of drug-likeness (QED) is 0.651.